The Morgan fingerprint density at radius 1 is 1.21 bits per heavy atom. The molecule has 0 aromatic heterocycles. The second-order valence-corrected chi connectivity index (χ2v) is 5.33. The first-order chi connectivity index (χ1) is 6.50. The van der Waals surface area contributed by atoms with Crippen molar-refractivity contribution < 1.29 is 0 Å². The van der Waals surface area contributed by atoms with E-state index in [0.717, 1.165) is 12.5 Å². The maximum atomic E-state index is 5.90. The molecule has 0 radical (unpaired) electrons. The first-order valence-corrected chi connectivity index (χ1v) is 6.00. The predicted molar refractivity (Wildman–Crippen MR) is 62.2 cm³/mol. The molecule has 2 atom stereocenters. The van der Waals surface area contributed by atoms with Gasteiger partial charge in [0.05, 0.1) is 0 Å². The van der Waals surface area contributed by atoms with Gasteiger partial charge in [-0.1, -0.05) is 6.92 Å². The van der Waals surface area contributed by atoms with Crippen LogP contribution in [-0.2, 0) is 0 Å². The zero-order valence-electron chi connectivity index (χ0n) is 10.2. The second kappa shape index (κ2) is 5.13. The van der Waals surface area contributed by atoms with Crippen molar-refractivity contribution in [3.05, 3.63) is 0 Å². The van der Waals surface area contributed by atoms with E-state index in [1.54, 1.807) is 0 Å². The number of hydrogen-bond acceptors (Lipinski definition) is 2. The fourth-order valence-electron chi connectivity index (χ4n) is 1.66. The van der Waals surface area contributed by atoms with E-state index in [2.05, 4.69) is 32.6 Å². The van der Waals surface area contributed by atoms with Gasteiger partial charge in [-0.25, -0.2) is 0 Å². The van der Waals surface area contributed by atoms with Crippen molar-refractivity contribution in [3.8, 4) is 0 Å². The third-order valence-corrected chi connectivity index (χ3v) is 3.34. The fourth-order valence-corrected chi connectivity index (χ4v) is 1.66. The molecule has 1 saturated carbocycles. The van der Waals surface area contributed by atoms with Crippen molar-refractivity contribution in [2.75, 3.05) is 13.1 Å². The monoisotopic (exact) mass is 198 g/mol. The van der Waals surface area contributed by atoms with Crippen LogP contribution in [0.4, 0.5) is 0 Å². The molecular formula is C12H26N2. The van der Waals surface area contributed by atoms with E-state index in [-0.39, 0.29) is 0 Å². The van der Waals surface area contributed by atoms with Crippen LogP contribution in [0.1, 0.15) is 40.5 Å². The highest BCUT2D eigenvalue weighted by Gasteiger charge is 2.26. The lowest BCUT2D eigenvalue weighted by Gasteiger charge is -2.30. The minimum Gasteiger partial charge on any atom is -0.328 e. The maximum Gasteiger partial charge on any atom is 0.00483 e. The molecule has 0 saturated heterocycles. The quantitative estimate of drug-likeness (QED) is 0.708. The van der Waals surface area contributed by atoms with Gasteiger partial charge in [-0.05, 0) is 45.4 Å². The van der Waals surface area contributed by atoms with Gasteiger partial charge in [0.1, 0.15) is 0 Å². The van der Waals surface area contributed by atoms with Crippen LogP contribution in [-0.4, -0.2) is 30.1 Å². The largest absolute Gasteiger partial charge is 0.328 e. The van der Waals surface area contributed by atoms with Gasteiger partial charge in [-0.15, -0.1) is 0 Å². The van der Waals surface area contributed by atoms with E-state index in [0.29, 0.717) is 18.0 Å². The molecule has 0 heterocycles. The van der Waals surface area contributed by atoms with Crippen LogP contribution in [0, 0.1) is 11.8 Å². The average Bonchev–Trinajstić information content (AvgIpc) is 2.86. The first kappa shape index (κ1) is 12.0. The summed E-state index contributed by atoms with van der Waals surface area (Å²) in [6.45, 7) is 11.4. The summed E-state index contributed by atoms with van der Waals surface area (Å²) in [5.74, 6) is 1.59. The van der Waals surface area contributed by atoms with E-state index < -0.39 is 0 Å². The Kier molecular flexibility index (Phi) is 4.39. The van der Waals surface area contributed by atoms with Gasteiger partial charge in [0.15, 0.2) is 0 Å². The van der Waals surface area contributed by atoms with Gasteiger partial charge in [0, 0.05) is 25.2 Å². The van der Waals surface area contributed by atoms with Crippen LogP contribution in [0.25, 0.3) is 0 Å². The Hall–Kier alpha value is -0.0800. The molecule has 0 bridgehead atoms. The summed E-state index contributed by atoms with van der Waals surface area (Å²) in [4.78, 5) is 2.59. The highest BCUT2D eigenvalue weighted by molar-refractivity contribution is 4.80. The fraction of sp³-hybridized carbons (Fsp3) is 1.00. The number of rotatable bonds is 6. The first-order valence-electron chi connectivity index (χ1n) is 6.00. The molecule has 0 aromatic carbocycles. The molecule has 0 aliphatic heterocycles. The lowest BCUT2D eigenvalue weighted by molar-refractivity contribution is 0.176. The summed E-state index contributed by atoms with van der Waals surface area (Å²) in [6, 6.07) is 0.979. The highest BCUT2D eigenvalue weighted by Crippen LogP contribution is 2.30. The van der Waals surface area contributed by atoms with Gasteiger partial charge in [-0.2, -0.15) is 0 Å². The van der Waals surface area contributed by atoms with Crippen molar-refractivity contribution in [1.29, 1.82) is 0 Å². The van der Waals surface area contributed by atoms with Crippen molar-refractivity contribution >= 4 is 0 Å². The molecule has 0 spiro atoms. The third kappa shape index (κ3) is 3.97. The smallest absolute Gasteiger partial charge is 0.00483 e. The summed E-state index contributed by atoms with van der Waals surface area (Å²) in [5, 5.41) is 0. The van der Waals surface area contributed by atoms with Gasteiger partial charge in [-0.3, -0.25) is 0 Å². The van der Waals surface area contributed by atoms with E-state index in [1.165, 1.54) is 19.4 Å². The molecule has 1 aliphatic carbocycles. The van der Waals surface area contributed by atoms with Crippen molar-refractivity contribution in [2.45, 2.75) is 52.6 Å². The Labute approximate surface area is 88.8 Å². The molecule has 1 aliphatic rings. The second-order valence-electron chi connectivity index (χ2n) is 5.33. The van der Waals surface area contributed by atoms with Gasteiger partial charge in [0.25, 0.3) is 0 Å². The van der Waals surface area contributed by atoms with E-state index in [9.17, 15) is 0 Å². The van der Waals surface area contributed by atoms with Crippen molar-refractivity contribution in [1.82, 2.24) is 4.90 Å². The summed E-state index contributed by atoms with van der Waals surface area (Å²) in [6.07, 6.45) is 2.88. The molecule has 2 unspecified atom stereocenters. The minimum absolute atomic E-state index is 0.315. The average molecular weight is 198 g/mol. The van der Waals surface area contributed by atoms with Crippen LogP contribution in [0.15, 0.2) is 0 Å². The van der Waals surface area contributed by atoms with Crippen LogP contribution in [0.5, 0.6) is 0 Å². The van der Waals surface area contributed by atoms with Crippen molar-refractivity contribution in [3.63, 3.8) is 0 Å². The lowest BCUT2D eigenvalue weighted by atomic mass is 10.0. The SMILES string of the molecule is CC(N)C(C)CN(CC1CC1)C(C)C. The number of nitrogens with zero attached hydrogens (tertiary/aromatic N) is 1. The molecule has 14 heavy (non-hydrogen) atoms. The summed E-state index contributed by atoms with van der Waals surface area (Å²) >= 11 is 0. The molecule has 2 N–H and O–H groups in total. The number of nitrogens with two attached hydrogens (primary N) is 1. The topological polar surface area (TPSA) is 29.3 Å². The third-order valence-electron chi connectivity index (χ3n) is 3.34. The Morgan fingerprint density at radius 2 is 1.79 bits per heavy atom. The molecule has 1 rings (SSSR count). The van der Waals surface area contributed by atoms with Gasteiger partial charge >= 0.3 is 0 Å². The lowest BCUT2D eigenvalue weighted by Crippen LogP contribution is -2.40. The minimum atomic E-state index is 0.315. The zero-order chi connectivity index (χ0) is 10.7. The van der Waals surface area contributed by atoms with Crippen LogP contribution < -0.4 is 5.73 Å². The van der Waals surface area contributed by atoms with Crippen LogP contribution in [0.2, 0.25) is 0 Å². The molecule has 1 fully saturated rings. The van der Waals surface area contributed by atoms with Gasteiger partial charge in [0.2, 0.25) is 0 Å². The molecule has 84 valence electrons. The Morgan fingerprint density at radius 3 is 2.14 bits per heavy atom. The van der Waals surface area contributed by atoms with Crippen molar-refractivity contribution in [2.24, 2.45) is 17.6 Å². The van der Waals surface area contributed by atoms with E-state index in [4.69, 9.17) is 5.73 Å². The molecule has 2 heteroatoms. The van der Waals surface area contributed by atoms with Gasteiger partial charge < -0.3 is 10.6 Å². The summed E-state index contributed by atoms with van der Waals surface area (Å²) in [7, 11) is 0. The van der Waals surface area contributed by atoms with Crippen LogP contribution >= 0.6 is 0 Å². The van der Waals surface area contributed by atoms with E-state index in [1.807, 2.05) is 0 Å². The highest BCUT2D eigenvalue weighted by atomic mass is 15.2. The molecular weight excluding hydrogens is 172 g/mol. The number of hydrogen-bond donors (Lipinski definition) is 1. The van der Waals surface area contributed by atoms with E-state index >= 15 is 0 Å². The summed E-state index contributed by atoms with van der Waals surface area (Å²) < 4.78 is 0. The molecule has 0 aromatic rings. The summed E-state index contributed by atoms with van der Waals surface area (Å²) in [5.41, 5.74) is 5.90. The maximum absolute atomic E-state index is 5.90. The van der Waals surface area contributed by atoms with Crippen LogP contribution in [0.3, 0.4) is 0 Å². The Bertz CT molecular complexity index is 162. The normalized spacial score (nSPS) is 21.6. The predicted octanol–water partition coefficient (Wildman–Crippen LogP) is 2.09. The Balaban J connectivity index is 2.33. The standard InChI is InChI=1S/C12H26N2/c1-9(2)14(8-12-5-6-12)7-10(3)11(4)13/h9-12H,5-8,13H2,1-4H3. The molecule has 2 nitrogen and oxygen atoms in total. The molecule has 0 amide bonds. The zero-order valence-corrected chi connectivity index (χ0v) is 10.2.